The number of fused-ring (bicyclic) bond motifs is 1. The minimum Gasteiger partial charge on any atom is -0.507 e. The molecule has 0 bridgehead atoms. The van der Waals surface area contributed by atoms with Crippen LogP contribution in [0.4, 0.5) is 0 Å². The van der Waals surface area contributed by atoms with Crippen molar-refractivity contribution in [1.82, 2.24) is 0 Å². The van der Waals surface area contributed by atoms with Crippen molar-refractivity contribution in [3.8, 4) is 11.5 Å². The van der Waals surface area contributed by atoms with Crippen LogP contribution in [0.25, 0.3) is 6.08 Å². The topological polar surface area (TPSA) is 29.5 Å². The number of aromatic hydroxyl groups is 1. The van der Waals surface area contributed by atoms with Gasteiger partial charge in [-0.05, 0) is 62.1 Å². The molecule has 2 nitrogen and oxygen atoms in total. The molecule has 108 valence electrons. The summed E-state index contributed by atoms with van der Waals surface area (Å²) < 4.78 is 5.95. The van der Waals surface area contributed by atoms with E-state index >= 15 is 0 Å². The second kappa shape index (κ2) is 5.28. The van der Waals surface area contributed by atoms with Crippen LogP contribution < -0.4 is 4.74 Å². The molecule has 1 aliphatic heterocycles. The summed E-state index contributed by atoms with van der Waals surface area (Å²) in [5.41, 5.74) is 2.85. The van der Waals surface area contributed by atoms with Gasteiger partial charge < -0.3 is 9.84 Å². The zero-order valence-corrected chi connectivity index (χ0v) is 12.5. The van der Waals surface area contributed by atoms with Crippen molar-refractivity contribution in [2.24, 2.45) is 0 Å². The first-order valence-corrected chi connectivity index (χ1v) is 7.32. The van der Waals surface area contributed by atoms with E-state index in [9.17, 15) is 5.11 Å². The van der Waals surface area contributed by atoms with Gasteiger partial charge in [0, 0.05) is 0 Å². The van der Waals surface area contributed by atoms with Crippen LogP contribution in [0.1, 0.15) is 30.5 Å². The molecule has 0 atom stereocenters. The maximum absolute atomic E-state index is 10.2. The monoisotopic (exact) mass is 280 g/mol. The molecule has 0 saturated carbocycles. The lowest BCUT2D eigenvalue weighted by molar-refractivity contribution is 0.158. The van der Waals surface area contributed by atoms with Gasteiger partial charge in [-0.1, -0.05) is 30.3 Å². The van der Waals surface area contributed by atoms with Crippen LogP contribution in [0, 0.1) is 0 Å². The van der Waals surface area contributed by atoms with E-state index in [2.05, 4.69) is 24.3 Å². The minimum absolute atomic E-state index is 0.294. The Morgan fingerprint density at radius 2 is 1.71 bits per heavy atom. The van der Waals surface area contributed by atoms with Gasteiger partial charge in [-0.2, -0.15) is 0 Å². The lowest BCUT2D eigenvalue weighted by Gasteiger charge is -2.28. The highest BCUT2D eigenvalue weighted by atomic mass is 16.5. The molecule has 2 aromatic rings. The number of phenolic OH excluding ortho intramolecular Hbond substituents is 1. The summed E-state index contributed by atoms with van der Waals surface area (Å²) in [5.74, 6) is 1.06. The Kier molecular flexibility index (Phi) is 3.46. The number of phenols is 1. The molecule has 21 heavy (non-hydrogen) atoms. The van der Waals surface area contributed by atoms with Gasteiger partial charge in [0.25, 0.3) is 0 Å². The number of rotatable bonds is 3. The van der Waals surface area contributed by atoms with Crippen LogP contribution in [0.2, 0.25) is 0 Å². The summed E-state index contributed by atoms with van der Waals surface area (Å²) in [5, 5.41) is 10.2. The van der Waals surface area contributed by atoms with E-state index < -0.39 is 0 Å². The largest absolute Gasteiger partial charge is 0.507 e. The molecule has 3 rings (SSSR count). The summed E-state index contributed by atoms with van der Waals surface area (Å²) >= 11 is 0. The Balaban J connectivity index is 1.82. The average Bonchev–Trinajstić information content (AvgIpc) is 2.45. The minimum atomic E-state index is -0.322. The Hall–Kier alpha value is -2.22. The predicted octanol–water partition coefficient (Wildman–Crippen LogP) is 4.36. The fourth-order valence-electron chi connectivity index (χ4n) is 2.60. The molecule has 0 aromatic heterocycles. The van der Waals surface area contributed by atoms with Crippen LogP contribution in [0.15, 0.2) is 48.5 Å². The fourth-order valence-corrected chi connectivity index (χ4v) is 2.60. The summed E-state index contributed by atoms with van der Waals surface area (Å²) in [4.78, 5) is 0. The van der Waals surface area contributed by atoms with Crippen LogP contribution in [-0.4, -0.2) is 10.7 Å². The number of hydrogen-bond donors (Lipinski definition) is 1. The van der Waals surface area contributed by atoms with Gasteiger partial charge in [0.05, 0.1) is 5.56 Å². The lowest BCUT2D eigenvalue weighted by Crippen LogP contribution is -2.27. The molecule has 0 aliphatic carbocycles. The van der Waals surface area contributed by atoms with Crippen LogP contribution >= 0.6 is 0 Å². The molecule has 0 amide bonds. The molecule has 0 spiro atoms. The first-order valence-electron chi connectivity index (χ1n) is 7.32. The van der Waals surface area contributed by atoms with Crippen molar-refractivity contribution < 1.29 is 9.84 Å². The third-order valence-electron chi connectivity index (χ3n) is 3.75. The second-order valence-electron chi connectivity index (χ2n) is 6.05. The molecular weight excluding hydrogens is 260 g/mol. The zero-order chi connectivity index (χ0) is 14.9. The summed E-state index contributed by atoms with van der Waals surface area (Å²) in [7, 11) is 0. The molecule has 0 unspecified atom stereocenters. The second-order valence-corrected chi connectivity index (χ2v) is 6.05. The highest BCUT2D eigenvalue weighted by molar-refractivity contribution is 5.67. The van der Waals surface area contributed by atoms with Gasteiger partial charge in [-0.25, -0.2) is 0 Å². The van der Waals surface area contributed by atoms with Crippen molar-refractivity contribution in [1.29, 1.82) is 0 Å². The third-order valence-corrected chi connectivity index (χ3v) is 3.75. The van der Waals surface area contributed by atoms with Crippen molar-refractivity contribution in [2.75, 3.05) is 0 Å². The first kappa shape index (κ1) is 13.7. The Morgan fingerprint density at radius 1 is 1.00 bits per heavy atom. The van der Waals surface area contributed by atoms with E-state index in [0.29, 0.717) is 5.75 Å². The van der Waals surface area contributed by atoms with Gasteiger partial charge in [-0.3, -0.25) is 0 Å². The zero-order valence-electron chi connectivity index (χ0n) is 12.5. The molecule has 0 fully saturated rings. The van der Waals surface area contributed by atoms with Crippen molar-refractivity contribution in [3.63, 3.8) is 0 Å². The normalized spacial score (nSPS) is 15.3. The molecule has 2 aromatic carbocycles. The predicted molar refractivity (Wildman–Crippen MR) is 85.7 cm³/mol. The lowest BCUT2D eigenvalue weighted by atomic mass is 9.98. The summed E-state index contributed by atoms with van der Waals surface area (Å²) in [6.45, 7) is 4.03. The van der Waals surface area contributed by atoms with E-state index in [4.69, 9.17) is 4.74 Å². The third kappa shape index (κ3) is 3.10. The smallest absolute Gasteiger partial charge is 0.131 e. The number of hydrogen-bond acceptors (Lipinski definition) is 2. The summed E-state index contributed by atoms with van der Waals surface area (Å²) in [6, 6.07) is 14.3. The maximum Gasteiger partial charge on any atom is 0.131 e. The van der Waals surface area contributed by atoms with E-state index in [-0.39, 0.29) is 5.60 Å². The van der Waals surface area contributed by atoms with Gasteiger partial charge >= 0.3 is 0 Å². The molecular formula is C19H20O2. The van der Waals surface area contributed by atoms with Crippen LogP contribution in [0.5, 0.6) is 11.5 Å². The van der Waals surface area contributed by atoms with Crippen molar-refractivity contribution in [3.05, 3.63) is 65.2 Å². The highest BCUT2D eigenvalue weighted by Crippen LogP contribution is 2.37. The molecule has 1 N–H and O–H groups in total. The Morgan fingerprint density at radius 3 is 2.48 bits per heavy atom. The summed E-state index contributed by atoms with van der Waals surface area (Å²) in [6.07, 6.45) is 5.75. The average molecular weight is 280 g/mol. The molecule has 0 saturated heterocycles. The van der Waals surface area contributed by atoms with E-state index in [1.807, 2.05) is 44.2 Å². The fraction of sp³-hybridized carbons (Fsp3) is 0.263. The highest BCUT2D eigenvalue weighted by Gasteiger charge is 2.23. The SMILES string of the molecule is CC1(C)C=Cc2c(O)cc(CCc3ccccc3)cc2O1. The van der Waals surface area contributed by atoms with Crippen LogP contribution in [0.3, 0.4) is 0 Å². The molecule has 1 heterocycles. The Labute approximate surface area is 125 Å². The van der Waals surface area contributed by atoms with Crippen molar-refractivity contribution >= 4 is 6.08 Å². The number of benzene rings is 2. The van der Waals surface area contributed by atoms with Gasteiger partial charge in [0.1, 0.15) is 17.1 Å². The van der Waals surface area contributed by atoms with Gasteiger partial charge in [-0.15, -0.1) is 0 Å². The number of ether oxygens (including phenoxy) is 1. The van der Waals surface area contributed by atoms with Gasteiger partial charge in [0.2, 0.25) is 0 Å². The van der Waals surface area contributed by atoms with Crippen LogP contribution in [-0.2, 0) is 12.8 Å². The van der Waals surface area contributed by atoms with Crippen molar-refractivity contribution in [2.45, 2.75) is 32.3 Å². The Bertz CT molecular complexity index is 669. The molecule has 1 aliphatic rings. The maximum atomic E-state index is 10.2. The van der Waals surface area contributed by atoms with Gasteiger partial charge in [0.15, 0.2) is 0 Å². The quantitative estimate of drug-likeness (QED) is 0.905. The van der Waals surface area contributed by atoms with E-state index in [1.165, 1.54) is 5.56 Å². The number of aryl methyl sites for hydroxylation is 2. The first-order chi connectivity index (χ1) is 10.0. The van der Waals surface area contributed by atoms with E-state index in [0.717, 1.165) is 29.7 Å². The standard InChI is InChI=1S/C19H20O2/c1-19(2)11-10-16-17(20)12-15(13-18(16)21-19)9-8-14-6-4-3-5-7-14/h3-7,10-13,20H,8-9H2,1-2H3. The molecule has 2 heteroatoms. The molecule has 0 radical (unpaired) electrons. The van der Waals surface area contributed by atoms with E-state index in [1.54, 1.807) is 0 Å².